The van der Waals surface area contributed by atoms with Crippen LogP contribution in [0.1, 0.15) is 30.2 Å². The predicted molar refractivity (Wildman–Crippen MR) is 94.2 cm³/mol. The quantitative estimate of drug-likeness (QED) is 0.882. The lowest BCUT2D eigenvalue weighted by Gasteiger charge is -2.38. The van der Waals surface area contributed by atoms with Gasteiger partial charge >= 0.3 is 6.03 Å². The largest absolute Gasteiger partial charge is 0.348 e. The number of thiophene rings is 1. The van der Waals surface area contributed by atoms with E-state index in [-0.39, 0.29) is 24.4 Å². The van der Waals surface area contributed by atoms with E-state index < -0.39 is 0 Å². The molecule has 3 heterocycles. The van der Waals surface area contributed by atoms with Crippen LogP contribution < -0.4 is 5.32 Å². The standard InChI is InChI=1S/C17H27N3O3S/c1-19(2)14(15-7-5-11-24-15)12-18-17(21)20-8-4-3-6-13(20)16-22-9-10-23-16/h5,7,11,13-14,16H,3-4,6,8-10,12H2,1-2H3,(H,18,21). The van der Waals surface area contributed by atoms with Gasteiger partial charge in [0, 0.05) is 18.0 Å². The second-order valence-electron chi connectivity index (χ2n) is 6.55. The monoisotopic (exact) mass is 353 g/mol. The predicted octanol–water partition coefficient (Wildman–Crippen LogP) is 2.29. The third-order valence-corrected chi connectivity index (χ3v) is 5.69. The van der Waals surface area contributed by atoms with Crippen molar-refractivity contribution in [1.82, 2.24) is 15.1 Å². The molecule has 2 fully saturated rings. The number of likely N-dealkylation sites (N-methyl/N-ethyl adjacent to an activating group) is 1. The Labute approximate surface area is 147 Å². The Morgan fingerprint density at radius 2 is 2.21 bits per heavy atom. The first-order valence-electron chi connectivity index (χ1n) is 8.64. The van der Waals surface area contributed by atoms with E-state index in [0.717, 1.165) is 25.8 Å². The lowest BCUT2D eigenvalue weighted by atomic mass is 10.0. The van der Waals surface area contributed by atoms with Crippen molar-refractivity contribution in [2.24, 2.45) is 0 Å². The molecule has 3 rings (SSSR count). The van der Waals surface area contributed by atoms with Crippen LogP contribution in [-0.2, 0) is 9.47 Å². The van der Waals surface area contributed by atoms with E-state index in [4.69, 9.17) is 9.47 Å². The zero-order valence-electron chi connectivity index (χ0n) is 14.4. The van der Waals surface area contributed by atoms with E-state index >= 15 is 0 Å². The molecule has 1 N–H and O–H groups in total. The van der Waals surface area contributed by atoms with Gasteiger partial charge in [-0.25, -0.2) is 4.79 Å². The molecule has 0 aromatic carbocycles. The number of carbonyl (C=O) groups excluding carboxylic acids is 1. The van der Waals surface area contributed by atoms with Crippen LogP contribution in [0.4, 0.5) is 4.79 Å². The molecule has 2 aliphatic rings. The van der Waals surface area contributed by atoms with E-state index in [0.29, 0.717) is 19.8 Å². The molecule has 2 aliphatic heterocycles. The minimum absolute atomic E-state index is 0.0118. The molecule has 1 aromatic heterocycles. The van der Waals surface area contributed by atoms with E-state index in [1.54, 1.807) is 11.3 Å². The van der Waals surface area contributed by atoms with E-state index in [1.807, 2.05) is 25.1 Å². The van der Waals surface area contributed by atoms with Crippen molar-refractivity contribution in [1.29, 1.82) is 0 Å². The summed E-state index contributed by atoms with van der Waals surface area (Å²) < 4.78 is 11.3. The van der Waals surface area contributed by atoms with Gasteiger partial charge in [-0.2, -0.15) is 0 Å². The van der Waals surface area contributed by atoms with Crippen LogP contribution in [0.5, 0.6) is 0 Å². The Bertz CT molecular complexity index is 517. The number of hydrogen-bond acceptors (Lipinski definition) is 5. The van der Waals surface area contributed by atoms with Gasteiger partial charge in [-0.05, 0) is 44.8 Å². The lowest BCUT2D eigenvalue weighted by molar-refractivity contribution is -0.0983. The van der Waals surface area contributed by atoms with Crippen molar-refractivity contribution in [2.75, 3.05) is 40.4 Å². The number of rotatable bonds is 5. The maximum Gasteiger partial charge on any atom is 0.317 e. The van der Waals surface area contributed by atoms with Gasteiger partial charge in [0.2, 0.25) is 0 Å². The Morgan fingerprint density at radius 3 is 2.88 bits per heavy atom. The second-order valence-corrected chi connectivity index (χ2v) is 7.53. The van der Waals surface area contributed by atoms with Crippen LogP contribution in [0.3, 0.4) is 0 Å². The summed E-state index contributed by atoms with van der Waals surface area (Å²) >= 11 is 1.72. The number of ether oxygens (including phenoxy) is 2. The number of amides is 2. The number of carbonyl (C=O) groups is 1. The SMILES string of the molecule is CN(C)C(CNC(=O)N1CCCCC1C1OCCO1)c1cccs1. The molecule has 2 amide bonds. The lowest BCUT2D eigenvalue weighted by Crippen LogP contribution is -2.54. The third kappa shape index (κ3) is 4.08. The third-order valence-electron chi connectivity index (χ3n) is 4.71. The Kier molecular flexibility index (Phi) is 6.10. The minimum atomic E-state index is -0.266. The molecule has 24 heavy (non-hydrogen) atoms. The topological polar surface area (TPSA) is 54.0 Å². The van der Waals surface area contributed by atoms with Crippen molar-refractivity contribution < 1.29 is 14.3 Å². The van der Waals surface area contributed by atoms with Crippen molar-refractivity contribution >= 4 is 17.4 Å². The highest BCUT2D eigenvalue weighted by atomic mass is 32.1. The minimum Gasteiger partial charge on any atom is -0.348 e. The van der Waals surface area contributed by atoms with Crippen molar-refractivity contribution in [3.8, 4) is 0 Å². The fraction of sp³-hybridized carbons (Fsp3) is 0.706. The molecule has 2 saturated heterocycles. The Balaban J connectivity index is 1.60. The summed E-state index contributed by atoms with van der Waals surface area (Å²) in [6.45, 7) is 2.61. The van der Waals surface area contributed by atoms with Crippen LogP contribution in [0.25, 0.3) is 0 Å². The molecule has 2 unspecified atom stereocenters. The molecule has 7 heteroatoms. The number of likely N-dealkylation sites (tertiary alicyclic amines) is 1. The molecule has 1 aromatic rings. The summed E-state index contributed by atoms with van der Waals surface area (Å²) in [6, 6.07) is 4.37. The van der Waals surface area contributed by atoms with Crippen LogP contribution in [-0.4, -0.2) is 68.6 Å². The van der Waals surface area contributed by atoms with Gasteiger partial charge in [0.15, 0.2) is 6.29 Å². The van der Waals surface area contributed by atoms with Crippen LogP contribution in [0.15, 0.2) is 17.5 Å². The average Bonchev–Trinajstić information content (AvgIpc) is 3.28. The van der Waals surface area contributed by atoms with Gasteiger partial charge in [-0.15, -0.1) is 11.3 Å². The highest BCUT2D eigenvalue weighted by Gasteiger charge is 2.36. The maximum atomic E-state index is 12.8. The summed E-state index contributed by atoms with van der Waals surface area (Å²) in [5.74, 6) is 0. The zero-order chi connectivity index (χ0) is 16.9. The van der Waals surface area contributed by atoms with E-state index in [2.05, 4.69) is 21.7 Å². The number of urea groups is 1. The smallest absolute Gasteiger partial charge is 0.317 e. The van der Waals surface area contributed by atoms with Gasteiger partial charge < -0.3 is 24.6 Å². The van der Waals surface area contributed by atoms with Gasteiger partial charge in [0.05, 0.1) is 25.3 Å². The first-order valence-corrected chi connectivity index (χ1v) is 9.52. The molecule has 0 bridgehead atoms. The molecule has 0 saturated carbocycles. The first kappa shape index (κ1) is 17.7. The van der Waals surface area contributed by atoms with E-state index in [1.165, 1.54) is 4.88 Å². The number of nitrogens with one attached hydrogen (secondary N) is 1. The van der Waals surface area contributed by atoms with Crippen molar-refractivity contribution in [3.63, 3.8) is 0 Å². The molecule has 6 nitrogen and oxygen atoms in total. The van der Waals surface area contributed by atoms with Crippen molar-refractivity contribution in [2.45, 2.75) is 37.6 Å². The second kappa shape index (κ2) is 8.29. The Hall–Kier alpha value is -1.15. The summed E-state index contributed by atoms with van der Waals surface area (Å²) in [7, 11) is 4.08. The molecule has 2 atom stereocenters. The zero-order valence-corrected chi connectivity index (χ0v) is 15.3. The highest BCUT2D eigenvalue weighted by Crippen LogP contribution is 2.25. The molecule has 0 spiro atoms. The van der Waals surface area contributed by atoms with Gasteiger partial charge in [-0.3, -0.25) is 0 Å². The van der Waals surface area contributed by atoms with Crippen LogP contribution >= 0.6 is 11.3 Å². The van der Waals surface area contributed by atoms with Crippen LogP contribution in [0, 0.1) is 0 Å². The van der Waals surface area contributed by atoms with Gasteiger partial charge in [-0.1, -0.05) is 6.07 Å². The molecule has 0 radical (unpaired) electrons. The fourth-order valence-electron chi connectivity index (χ4n) is 3.40. The van der Waals surface area contributed by atoms with E-state index in [9.17, 15) is 4.79 Å². The average molecular weight is 353 g/mol. The fourth-order valence-corrected chi connectivity index (χ4v) is 4.32. The number of hydrogen-bond donors (Lipinski definition) is 1. The normalized spacial score (nSPS) is 23.6. The molecular weight excluding hydrogens is 326 g/mol. The summed E-state index contributed by atoms with van der Waals surface area (Å²) in [4.78, 5) is 18.1. The van der Waals surface area contributed by atoms with Gasteiger partial charge in [0.1, 0.15) is 0 Å². The van der Waals surface area contributed by atoms with Crippen LogP contribution in [0.2, 0.25) is 0 Å². The van der Waals surface area contributed by atoms with Crippen molar-refractivity contribution in [3.05, 3.63) is 22.4 Å². The number of piperidine rings is 1. The number of nitrogens with zero attached hydrogens (tertiary/aromatic N) is 2. The summed E-state index contributed by atoms with van der Waals surface area (Å²) in [6.07, 6.45) is 2.84. The Morgan fingerprint density at radius 1 is 1.42 bits per heavy atom. The summed E-state index contributed by atoms with van der Waals surface area (Å²) in [5, 5.41) is 5.19. The molecule has 0 aliphatic carbocycles. The first-order chi connectivity index (χ1) is 11.7. The molecule has 134 valence electrons. The summed E-state index contributed by atoms with van der Waals surface area (Å²) in [5.41, 5.74) is 0. The maximum absolute atomic E-state index is 12.8. The molecular formula is C17H27N3O3S. The van der Waals surface area contributed by atoms with Gasteiger partial charge in [0.25, 0.3) is 0 Å². The highest BCUT2D eigenvalue weighted by molar-refractivity contribution is 7.10.